The van der Waals surface area contributed by atoms with Crippen molar-refractivity contribution in [1.29, 1.82) is 0 Å². The summed E-state index contributed by atoms with van der Waals surface area (Å²) in [5.74, 6) is 3.78. The molecule has 0 saturated heterocycles. The molecule has 0 bridgehead atoms. The molecule has 0 aromatic heterocycles. The van der Waals surface area contributed by atoms with Crippen molar-refractivity contribution in [2.75, 3.05) is 0 Å². The Morgan fingerprint density at radius 3 is 2.57 bits per heavy atom. The first-order valence-corrected chi connectivity index (χ1v) is 12.0. The molecule has 28 heavy (non-hydrogen) atoms. The maximum absolute atomic E-state index is 10.2. The molecule has 1 nitrogen and oxygen atoms in total. The van der Waals surface area contributed by atoms with Crippen molar-refractivity contribution in [2.24, 2.45) is 40.4 Å². The van der Waals surface area contributed by atoms with Crippen LogP contribution in [0.25, 0.3) is 0 Å². The number of allylic oxidation sites excluding steroid dienone is 5. The Labute approximate surface area is 173 Å². The van der Waals surface area contributed by atoms with Gasteiger partial charge in [-0.25, -0.2) is 0 Å². The van der Waals surface area contributed by atoms with Gasteiger partial charge in [0.1, 0.15) is 0 Å². The second-order valence-corrected chi connectivity index (χ2v) is 11.4. The Kier molecular flexibility index (Phi) is 5.45. The minimum atomic E-state index is -0.113. The van der Waals surface area contributed by atoms with E-state index in [9.17, 15) is 5.11 Å². The molecular formula is C27H42O. The molecule has 0 radical (unpaired) electrons. The summed E-state index contributed by atoms with van der Waals surface area (Å²) in [5, 5.41) is 10.2. The van der Waals surface area contributed by atoms with Gasteiger partial charge in [-0.15, -0.1) is 0 Å². The zero-order valence-corrected chi connectivity index (χ0v) is 18.9. The van der Waals surface area contributed by atoms with Crippen LogP contribution in [0.4, 0.5) is 0 Å². The Hall–Kier alpha value is -0.820. The molecule has 3 fully saturated rings. The quantitative estimate of drug-likeness (QED) is 0.515. The van der Waals surface area contributed by atoms with Crippen LogP contribution >= 0.6 is 0 Å². The third kappa shape index (κ3) is 3.26. The first-order chi connectivity index (χ1) is 13.3. The minimum absolute atomic E-state index is 0.113. The van der Waals surface area contributed by atoms with Gasteiger partial charge in [-0.05, 0) is 91.8 Å². The molecule has 0 aromatic carbocycles. The van der Waals surface area contributed by atoms with Crippen LogP contribution in [-0.4, -0.2) is 11.2 Å². The van der Waals surface area contributed by atoms with Crippen molar-refractivity contribution in [2.45, 2.75) is 92.1 Å². The monoisotopic (exact) mass is 382 g/mol. The van der Waals surface area contributed by atoms with Gasteiger partial charge in [0.25, 0.3) is 0 Å². The van der Waals surface area contributed by atoms with E-state index in [1.165, 1.54) is 44.1 Å². The first kappa shape index (κ1) is 20.5. The van der Waals surface area contributed by atoms with Crippen LogP contribution in [0.2, 0.25) is 0 Å². The Morgan fingerprint density at radius 2 is 1.82 bits per heavy atom. The summed E-state index contributed by atoms with van der Waals surface area (Å²) in [4.78, 5) is 0. The molecule has 0 spiro atoms. The van der Waals surface area contributed by atoms with E-state index in [4.69, 9.17) is 0 Å². The van der Waals surface area contributed by atoms with Crippen LogP contribution < -0.4 is 0 Å². The van der Waals surface area contributed by atoms with Crippen molar-refractivity contribution >= 4 is 0 Å². The summed E-state index contributed by atoms with van der Waals surface area (Å²) in [6, 6.07) is 0. The molecule has 4 rings (SSSR count). The van der Waals surface area contributed by atoms with Gasteiger partial charge < -0.3 is 5.11 Å². The first-order valence-electron chi connectivity index (χ1n) is 12.0. The predicted octanol–water partition coefficient (Wildman–Crippen LogP) is 7.08. The lowest BCUT2D eigenvalue weighted by Gasteiger charge is -2.55. The fraction of sp³-hybridized carbons (Fsp3) is 0.778. The fourth-order valence-corrected chi connectivity index (χ4v) is 7.59. The highest BCUT2D eigenvalue weighted by molar-refractivity contribution is 5.39. The van der Waals surface area contributed by atoms with Gasteiger partial charge in [0.15, 0.2) is 0 Å². The SMILES string of the molecule is CC(C)C/C=C\[C@@H](C)[C@H]1CC[C@@H]2C3=CC=C4C[C@@H](O)CC[C@]4(C)[C@@H]3CC[C@@]21C. The van der Waals surface area contributed by atoms with E-state index in [0.29, 0.717) is 16.7 Å². The summed E-state index contributed by atoms with van der Waals surface area (Å²) >= 11 is 0. The third-order valence-electron chi connectivity index (χ3n) is 9.30. The van der Waals surface area contributed by atoms with Gasteiger partial charge in [0, 0.05) is 0 Å². The van der Waals surface area contributed by atoms with Crippen molar-refractivity contribution in [3.63, 3.8) is 0 Å². The van der Waals surface area contributed by atoms with Gasteiger partial charge in [0.2, 0.25) is 0 Å². The topological polar surface area (TPSA) is 20.2 Å². The molecule has 0 aliphatic heterocycles. The molecule has 0 unspecified atom stereocenters. The average Bonchev–Trinajstić information content (AvgIpc) is 2.99. The molecule has 1 N–H and O–H groups in total. The van der Waals surface area contributed by atoms with E-state index in [1.807, 2.05) is 0 Å². The Morgan fingerprint density at radius 1 is 1.04 bits per heavy atom. The molecule has 0 amide bonds. The van der Waals surface area contributed by atoms with Crippen LogP contribution in [0.15, 0.2) is 35.5 Å². The number of fused-ring (bicyclic) bond motifs is 5. The van der Waals surface area contributed by atoms with E-state index in [2.05, 4.69) is 58.9 Å². The van der Waals surface area contributed by atoms with E-state index < -0.39 is 0 Å². The second-order valence-electron chi connectivity index (χ2n) is 11.4. The summed E-state index contributed by atoms with van der Waals surface area (Å²) in [6.45, 7) is 12.2. The fourth-order valence-electron chi connectivity index (χ4n) is 7.59. The van der Waals surface area contributed by atoms with E-state index in [0.717, 1.165) is 36.5 Å². The second kappa shape index (κ2) is 7.46. The van der Waals surface area contributed by atoms with Gasteiger partial charge >= 0.3 is 0 Å². The van der Waals surface area contributed by atoms with E-state index in [-0.39, 0.29) is 6.10 Å². The smallest absolute Gasteiger partial charge is 0.0578 e. The summed E-state index contributed by atoms with van der Waals surface area (Å²) in [6.07, 6.45) is 19.6. The van der Waals surface area contributed by atoms with Crippen LogP contribution in [0, 0.1) is 40.4 Å². The van der Waals surface area contributed by atoms with Crippen LogP contribution in [0.3, 0.4) is 0 Å². The lowest BCUT2D eigenvalue weighted by atomic mass is 9.50. The normalized spacial score (nSPS) is 44.0. The average molecular weight is 383 g/mol. The van der Waals surface area contributed by atoms with Crippen molar-refractivity contribution in [3.05, 3.63) is 35.5 Å². The number of rotatable bonds is 4. The molecule has 7 atom stereocenters. The number of hydrogen-bond donors (Lipinski definition) is 1. The molecule has 3 saturated carbocycles. The number of aliphatic hydroxyl groups excluding tert-OH is 1. The molecule has 1 heteroatoms. The highest BCUT2D eigenvalue weighted by atomic mass is 16.3. The van der Waals surface area contributed by atoms with Crippen molar-refractivity contribution < 1.29 is 5.11 Å². The Bertz CT molecular complexity index is 682. The number of aliphatic hydroxyl groups is 1. The van der Waals surface area contributed by atoms with E-state index in [1.54, 1.807) is 5.57 Å². The van der Waals surface area contributed by atoms with E-state index >= 15 is 0 Å². The highest BCUT2D eigenvalue weighted by Crippen LogP contribution is 2.65. The van der Waals surface area contributed by atoms with Gasteiger partial charge in [-0.2, -0.15) is 0 Å². The third-order valence-corrected chi connectivity index (χ3v) is 9.30. The Balaban J connectivity index is 1.57. The molecule has 0 heterocycles. The zero-order chi connectivity index (χ0) is 20.1. The lowest BCUT2D eigenvalue weighted by Crippen LogP contribution is -2.46. The number of hydrogen-bond acceptors (Lipinski definition) is 1. The highest BCUT2D eigenvalue weighted by Gasteiger charge is 2.56. The summed E-state index contributed by atoms with van der Waals surface area (Å²) in [7, 11) is 0. The predicted molar refractivity (Wildman–Crippen MR) is 119 cm³/mol. The summed E-state index contributed by atoms with van der Waals surface area (Å²) < 4.78 is 0. The largest absolute Gasteiger partial charge is 0.393 e. The van der Waals surface area contributed by atoms with Crippen LogP contribution in [0.5, 0.6) is 0 Å². The van der Waals surface area contributed by atoms with Gasteiger partial charge in [-0.3, -0.25) is 0 Å². The molecule has 4 aliphatic rings. The van der Waals surface area contributed by atoms with Gasteiger partial charge in [-0.1, -0.05) is 70.1 Å². The lowest BCUT2D eigenvalue weighted by molar-refractivity contribution is 0.0383. The molecule has 0 aromatic rings. The molecule has 4 aliphatic carbocycles. The molecule has 156 valence electrons. The zero-order valence-electron chi connectivity index (χ0n) is 18.9. The van der Waals surface area contributed by atoms with Crippen molar-refractivity contribution in [1.82, 2.24) is 0 Å². The maximum atomic E-state index is 10.2. The standard InChI is InChI=1S/C27H42O/c1-18(2)7-6-8-19(3)23-11-12-24-22-10-9-20-17-21(28)13-15-26(20,4)25(22)14-16-27(23,24)5/h6,8-10,18-19,21,23-25,28H,7,11-17H2,1-5H3/b8-6-/t19-,21+,23-,24-,25-,26+,27-/m1/s1. The molecular weight excluding hydrogens is 340 g/mol. The minimum Gasteiger partial charge on any atom is -0.393 e. The van der Waals surface area contributed by atoms with Gasteiger partial charge in [0.05, 0.1) is 6.10 Å². The van der Waals surface area contributed by atoms with Crippen LogP contribution in [-0.2, 0) is 0 Å². The van der Waals surface area contributed by atoms with Crippen LogP contribution in [0.1, 0.15) is 86.0 Å². The van der Waals surface area contributed by atoms with Crippen molar-refractivity contribution in [3.8, 4) is 0 Å². The maximum Gasteiger partial charge on any atom is 0.0578 e. The summed E-state index contributed by atoms with van der Waals surface area (Å²) in [5.41, 5.74) is 4.09.